The summed E-state index contributed by atoms with van der Waals surface area (Å²) in [6, 6.07) is 2.17. The monoisotopic (exact) mass is 313 g/mol. The molecule has 100 valence electrons. The lowest BCUT2D eigenvalue weighted by Crippen LogP contribution is -2.03. The highest BCUT2D eigenvalue weighted by atomic mass is 79.9. The zero-order chi connectivity index (χ0) is 13.1. The van der Waals surface area contributed by atoms with Crippen molar-refractivity contribution in [2.45, 2.75) is 39.0 Å². The van der Waals surface area contributed by atoms with Gasteiger partial charge < -0.3 is 15.2 Å². The average Bonchev–Trinajstić information content (AvgIpc) is 2.78. The summed E-state index contributed by atoms with van der Waals surface area (Å²) in [5, 5.41) is 0. The van der Waals surface area contributed by atoms with Gasteiger partial charge in [-0.15, -0.1) is 0 Å². The molecule has 0 amide bonds. The first-order valence-electron chi connectivity index (χ1n) is 6.46. The van der Waals surface area contributed by atoms with Gasteiger partial charge in [0.1, 0.15) is 0 Å². The maximum Gasteiger partial charge on any atom is 0.231 e. The number of aryl methyl sites for hydroxylation is 1. The molecule has 0 atom stereocenters. The predicted molar refractivity (Wildman–Crippen MR) is 76.3 cm³/mol. The van der Waals surface area contributed by atoms with Crippen LogP contribution in [0.25, 0.3) is 0 Å². The van der Waals surface area contributed by atoms with Crippen molar-refractivity contribution >= 4 is 15.9 Å². The average molecular weight is 314 g/mol. The van der Waals surface area contributed by atoms with Gasteiger partial charge in [-0.3, -0.25) is 0 Å². The van der Waals surface area contributed by atoms with Crippen LogP contribution in [0.15, 0.2) is 10.5 Å². The van der Waals surface area contributed by atoms with E-state index in [2.05, 4.69) is 35.8 Å². The van der Waals surface area contributed by atoms with Crippen LogP contribution in [0.3, 0.4) is 0 Å². The Kier molecular flexibility index (Phi) is 4.51. The van der Waals surface area contributed by atoms with Crippen molar-refractivity contribution in [1.82, 2.24) is 0 Å². The molecule has 1 aliphatic heterocycles. The van der Waals surface area contributed by atoms with Gasteiger partial charge in [-0.05, 0) is 59.3 Å². The van der Waals surface area contributed by atoms with Crippen molar-refractivity contribution in [3.8, 4) is 11.5 Å². The van der Waals surface area contributed by atoms with Crippen LogP contribution in [0, 0.1) is 0 Å². The van der Waals surface area contributed by atoms with Crippen LogP contribution in [-0.2, 0) is 6.42 Å². The van der Waals surface area contributed by atoms with Crippen molar-refractivity contribution in [3.63, 3.8) is 0 Å². The normalized spacial score (nSPS) is 13.4. The number of hydrogen-bond donors (Lipinski definition) is 1. The van der Waals surface area contributed by atoms with E-state index in [1.807, 2.05) is 0 Å². The third kappa shape index (κ3) is 2.64. The summed E-state index contributed by atoms with van der Waals surface area (Å²) < 4.78 is 12.1. The summed E-state index contributed by atoms with van der Waals surface area (Å²) in [5.41, 5.74) is 8.18. The summed E-state index contributed by atoms with van der Waals surface area (Å²) in [5.74, 6) is 2.20. The second-order valence-electron chi connectivity index (χ2n) is 4.90. The molecule has 0 unspecified atom stereocenters. The largest absolute Gasteiger partial charge is 0.453 e. The first kappa shape index (κ1) is 13.7. The van der Waals surface area contributed by atoms with E-state index in [1.54, 1.807) is 0 Å². The van der Waals surface area contributed by atoms with Crippen molar-refractivity contribution in [2.24, 2.45) is 5.73 Å². The lowest BCUT2D eigenvalue weighted by Gasteiger charge is -2.16. The fourth-order valence-corrected chi connectivity index (χ4v) is 2.97. The van der Waals surface area contributed by atoms with Crippen LogP contribution in [0.2, 0.25) is 0 Å². The molecule has 0 aliphatic carbocycles. The SMILES string of the molecule is CC(C)c1c(CCCCN)cc(Br)c2c1OCO2. The summed E-state index contributed by atoms with van der Waals surface area (Å²) in [6.07, 6.45) is 3.21. The molecule has 0 fully saturated rings. The predicted octanol–water partition coefficient (Wildman–Crippen LogP) is 3.58. The number of fused-ring (bicyclic) bond motifs is 1. The van der Waals surface area contributed by atoms with Crippen LogP contribution in [0.5, 0.6) is 11.5 Å². The third-order valence-corrected chi connectivity index (χ3v) is 3.79. The first-order chi connectivity index (χ1) is 8.65. The lowest BCUT2D eigenvalue weighted by atomic mass is 9.92. The molecule has 1 aliphatic rings. The van der Waals surface area contributed by atoms with E-state index < -0.39 is 0 Å². The Labute approximate surface area is 117 Å². The van der Waals surface area contributed by atoms with Crippen LogP contribution in [0.1, 0.15) is 43.7 Å². The lowest BCUT2D eigenvalue weighted by molar-refractivity contribution is 0.172. The fraction of sp³-hybridized carbons (Fsp3) is 0.571. The van der Waals surface area contributed by atoms with E-state index in [0.717, 1.165) is 41.8 Å². The molecule has 0 bridgehead atoms. The minimum absolute atomic E-state index is 0.319. The molecule has 0 radical (unpaired) electrons. The zero-order valence-electron chi connectivity index (χ0n) is 11.0. The Balaban J connectivity index is 2.35. The summed E-state index contributed by atoms with van der Waals surface area (Å²) in [6.45, 7) is 5.46. The standard InChI is InChI=1S/C14H20BrNO2/c1-9(2)12-10(5-3-4-6-16)7-11(15)13-14(12)18-8-17-13/h7,9H,3-6,8,16H2,1-2H3. The van der Waals surface area contributed by atoms with Gasteiger partial charge in [0, 0.05) is 5.56 Å². The molecule has 18 heavy (non-hydrogen) atoms. The molecule has 1 aromatic carbocycles. The minimum atomic E-state index is 0.319. The van der Waals surface area contributed by atoms with Gasteiger partial charge in [-0.25, -0.2) is 0 Å². The van der Waals surface area contributed by atoms with Crippen molar-refractivity contribution < 1.29 is 9.47 Å². The highest BCUT2D eigenvalue weighted by Gasteiger charge is 2.25. The Bertz CT molecular complexity index is 432. The topological polar surface area (TPSA) is 44.5 Å². The number of benzene rings is 1. The van der Waals surface area contributed by atoms with Gasteiger partial charge in [0.2, 0.25) is 6.79 Å². The second kappa shape index (κ2) is 5.93. The van der Waals surface area contributed by atoms with Gasteiger partial charge in [-0.2, -0.15) is 0 Å². The molecule has 1 heterocycles. The van der Waals surface area contributed by atoms with Gasteiger partial charge in [-0.1, -0.05) is 13.8 Å². The highest BCUT2D eigenvalue weighted by Crippen LogP contribution is 2.46. The second-order valence-corrected chi connectivity index (χ2v) is 5.75. The van der Waals surface area contributed by atoms with Gasteiger partial charge in [0.15, 0.2) is 11.5 Å². The Morgan fingerprint density at radius 3 is 2.67 bits per heavy atom. The molecule has 4 heteroatoms. The highest BCUT2D eigenvalue weighted by molar-refractivity contribution is 9.10. The molecule has 0 spiro atoms. The number of nitrogens with two attached hydrogens (primary N) is 1. The Hall–Kier alpha value is -0.740. The summed E-state index contributed by atoms with van der Waals surface area (Å²) in [7, 11) is 0. The molecular weight excluding hydrogens is 294 g/mol. The van der Waals surface area contributed by atoms with E-state index in [1.165, 1.54) is 11.1 Å². The molecule has 2 N–H and O–H groups in total. The zero-order valence-corrected chi connectivity index (χ0v) is 12.5. The number of unbranched alkanes of at least 4 members (excludes halogenated alkanes) is 1. The van der Waals surface area contributed by atoms with Crippen molar-refractivity contribution in [3.05, 3.63) is 21.7 Å². The number of halogens is 1. The maximum absolute atomic E-state index is 5.64. The van der Waals surface area contributed by atoms with E-state index in [0.29, 0.717) is 12.7 Å². The number of rotatable bonds is 5. The third-order valence-electron chi connectivity index (χ3n) is 3.20. The smallest absolute Gasteiger partial charge is 0.231 e. The fourth-order valence-electron chi connectivity index (χ4n) is 2.40. The van der Waals surface area contributed by atoms with Gasteiger partial charge in [0.05, 0.1) is 4.47 Å². The minimum Gasteiger partial charge on any atom is -0.453 e. The van der Waals surface area contributed by atoms with Crippen LogP contribution in [-0.4, -0.2) is 13.3 Å². The summed E-state index contributed by atoms with van der Waals surface area (Å²) >= 11 is 3.56. The van der Waals surface area contributed by atoms with E-state index in [4.69, 9.17) is 15.2 Å². The van der Waals surface area contributed by atoms with E-state index in [-0.39, 0.29) is 0 Å². The van der Waals surface area contributed by atoms with E-state index >= 15 is 0 Å². The maximum atomic E-state index is 5.64. The van der Waals surface area contributed by atoms with Gasteiger partial charge in [0.25, 0.3) is 0 Å². The Morgan fingerprint density at radius 1 is 1.28 bits per heavy atom. The molecule has 2 rings (SSSR count). The van der Waals surface area contributed by atoms with E-state index in [9.17, 15) is 0 Å². The molecule has 0 aromatic heterocycles. The molecule has 3 nitrogen and oxygen atoms in total. The van der Waals surface area contributed by atoms with Crippen LogP contribution < -0.4 is 15.2 Å². The molecule has 0 saturated heterocycles. The van der Waals surface area contributed by atoms with Crippen LogP contribution >= 0.6 is 15.9 Å². The number of hydrogen-bond acceptors (Lipinski definition) is 3. The quantitative estimate of drug-likeness (QED) is 0.845. The van der Waals surface area contributed by atoms with Crippen molar-refractivity contribution in [1.29, 1.82) is 0 Å². The van der Waals surface area contributed by atoms with Crippen molar-refractivity contribution in [2.75, 3.05) is 13.3 Å². The number of ether oxygens (including phenoxy) is 2. The molecule has 1 aromatic rings. The molecular formula is C14H20BrNO2. The summed E-state index contributed by atoms with van der Waals surface area (Å²) in [4.78, 5) is 0. The van der Waals surface area contributed by atoms with Gasteiger partial charge >= 0.3 is 0 Å². The first-order valence-corrected chi connectivity index (χ1v) is 7.25. The van der Waals surface area contributed by atoms with Crippen LogP contribution in [0.4, 0.5) is 0 Å². The Morgan fingerprint density at radius 2 is 2.00 bits per heavy atom. The molecule has 0 saturated carbocycles.